The Kier molecular flexibility index (Phi) is 8.87. The average molecular weight is 419 g/mol. The number of carbonyl (C=O) groups is 2. The van der Waals surface area contributed by atoms with Crippen molar-refractivity contribution in [2.75, 3.05) is 12.3 Å². The summed E-state index contributed by atoms with van der Waals surface area (Å²) in [7, 11) is 0. The summed E-state index contributed by atoms with van der Waals surface area (Å²) in [5.74, 6) is 0.101. The van der Waals surface area contributed by atoms with E-state index in [0.29, 0.717) is 24.5 Å². The second-order valence-corrected chi connectivity index (χ2v) is 8.05. The first kappa shape index (κ1) is 22.3. The monoisotopic (exact) mass is 418 g/mol. The van der Waals surface area contributed by atoms with Crippen molar-refractivity contribution in [2.45, 2.75) is 44.7 Å². The molecule has 4 nitrogen and oxygen atoms in total. The van der Waals surface area contributed by atoms with Crippen LogP contribution in [0.2, 0.25) is 5.02 Å². The lowest BCUT2D eigenvalue weighted by molar-refractivity contribution is -0.139. The number of rotatable bonds is 9. The van der Waals surface area contributed by atoms with E-state index in [9.17, 15) is 9.59 Å². The van der Waals surface area contributed by atoms with Crippen molar-refractivity contribution in [3.05, 3.63) is 64.7 Å². The van der Waals surface area contributed by atoms with E-state index in [0.717, 1.165) is 16.0 Å². The summed E-state index contributed by atoms with van der Waals surface area (Å²) in [5.41, 5.74) is 2.17. The zero-order chi connectivity index (χ0) is 20.5. The van der Waals surface area contributed by atoms with Gasteiger partial charge in [-0.2, -0.15) is 0 Å². The van der Waals surface area contributed by atoms with E-state index >= 15 is 0 Å². The van der Waals surface area contributed by atoms with Gasteiger partial charge < -0.3 is 10.2 Å². The highest BCUT2D eigenvalue weighted by Gasteiger charge is 2.28. The van der Waals surface area contributed by atoms with E-state index in [1.807, 2.05) is 69.3 Å². The molecule has 2 aromatic carbocycles. The molecule has 0 aliphatic carbocycles. The van der Waals surface area contributed by atoms with Gasteiger partial charge in [0.05, 0.1) is 5.75 Å². The zero-order valence-corrected chi connectivity index (χ0v) is 18.1. The minimum atomic E-state index is -0.487. The Labute approximate surface area is 176 Å². The smallest absolute Gasteiger partial charge is 0.242 e. The third-order valence-corrected chi connectivity index (χ3v) is 5.64. The van der Waals surface area contributed by atoms with Crippen LogP contribution in [-0.2, 0) is 16.1 Å². The molecular weight excluding hydrogens is 392 g/mol. The molecule has 0 saturated heterocycles. The van der Waals surface area contributed by atoms with Crippen molar-refractivity contribution in [2.24, 2.45) is 0 Å². The van der Waals surface area contributed by atoms with Gasteiger partial charge in [-0.3, -0.25) is 9.59 Å². The van der Waals surface area contributed by atoms with Gasteiger partial charge in [0, 0.05) is 23.0 Å². The summed E-state index contributed by atoms with van der Waals surface area (Å²) in [6, 6.07) is 15.0. The quantitative estimate of drug-likeness (QED) is 0.601. The fourth-order valence-corrected chi connectivity index (χ4v) is 3.77. The van der Waals surface area contributed by atoms with Crippen molar-refractivity contribution in [1.29, 1.82) is 0 Å². The Bertz CT molecular complexity index is 778. The Morgan fingerprint density at radius 3 is 2.29 bits per heavy atom. The Morgan fingerprint density at radius 1 is 1.07 bits per heavy atom. The third-order valence-electron chi connectivity index (χ3n) is 4.39. The molecule has 0 spiro atoms. The number of amides is 2. The molecule has 0 aliphatic heterocycles. The Morgan fingerprint density at radius 2 is 1.71 bits per heavy atom. The van der Waals surface area contributed by atoms with Crippen LogP contribution in [0, 0.1) is 6.92 Å². The average Bonchev–Trinajstić information content (AvgIpc) is 2.69. The molecule has 150 valence electrons. The highest BCUT2D eigenvalue weighted by molar-refractivity contribution is 8.00. The maximum atomic E-state index is 13.1. The van der Waals surface area contributed by atoms with Crippen molar-refractivity contribution in [3.8, 4) is 0 Å². The number of aryl methyl sites for hydroxylation is 1. The molecule has 0 aromatic heterocycles. The predicted octanol–water partition coefficient (Wildman–Crippen LogP) is 4.68. The van der Waals surface area contributed by atoms with Gasteiger partial charge in [-0.15, -0.1) is 11.8 Å². The van der Waals surface area contributed by atoms with Gasteiger partial charge in [-0.05, 0) is 50.1 Å². The highest BCUT2D eigenvalue weighted by atomic mass is 35.5. The molecule has 2 aromatic rings. The molecule has 0 aliphatic rings. The van der Waals surface area contributed by atoms with Gasteiger partial charge >= 0.3 is 0 Å². The fraction of sp³-hybridized carbons (Fsp3) is 0.364. The van der Waals surface area contributed by atoms with Crippen LogP contribution in [0.15, 0.2) is 53.4 Å². The second-order valence-electron chi connectivity index (χ2n) is 6.57. The summed E-state index contributed by atoms with van der Waals surface area (Å²) in [6.07, 6.45) is 0.565. The van der Waals surface area contributed by atoms with Gasteiger partial charge in [0.1, 0.15) is 6.04 Å². The molecule has 0 bridgehead atoms. The lowest BCUT2D eigenvalue weighted by Crippen LogP contribution is -2.49. The van der Waals surface area contributed by atoms with Gasteiger partial charge in [-0.1, -0.05) is 48.4 Å². The van der Waals surface area contributed by atoms with E-state index in [2.05, 4.69) is 5.32 Å². The van der Waals surface area contributed by atoms with E-state index in [1.54, 1.807) is 4.90 Å². The van der Waals surface area contributed by atoms with Crippen molar-refractivity contribution < 1.29 is 9.59 Å². The first-order chi connectivity index (χ1) is 13.4. The van der Waals surface area contributed by atoms with Crippen LogP contribution in [0.25, 0.3) is 0 Å². The van der Waals surface area contributed by atoms with Crippen LogP contribution in [0.3, 0.4) is 0 Å². The second kappa shape index (κ2) is 11.1. The molecule has 0 unspecified atom stereocenters. The number of hydrogen-bond acceptors (Lipinski definition) is 3. The molecule has 0 saturated carbocycles. The van der Waals surface area contributed by atoms with Gasteiger partial charge in [0.25, 0.3) is 0 Å². The van der Waals surface area contributed by atoms with Crippen LogP contribution in [0.5, 0.6) is 0 Å². The first-order valence-electron chi connectivity index (χ1n) is 9.45. The molecule has 2 rings (SSSR count). The number of nitrogens with zero attached hydrogens (tertiary/aromatic N) is 1. The number of likely N-dealkylation sites (N-methyl/N-ethyl adjacent to an activating group) is 1. The minimum absolute atomic E-state index is 0.0568. The highest BCUT2D eigenvalue weighted by Crippen LogP contribution is 2.22. The standard InChI is InChI=1S/C22H27ClN2O2S/c1-4-20(22(27)24-5-2)25(14-17-8-6-16(3)7-9-17)21(26)15-28-19-12-10-18(23)11-13-19/h6-13,20H,4-5,14-15H2,1-3H3,(H,24,27)/t20-/m1/s1. The summed E-state index contributed by atoms with van der Waals surface area (Å²) >= 11 is 7.37. The molecular formula is C22H27ClN2O2S. The van der Waals surface area contributed by atoms with Gasteiger partial charge in [-0.25, -0.2) is 0 Å². The van der Waals surface area contributed by atoms with Crippen LogP contribution < -0.4 is 5.32 Å². The predicted molar refractivity (Wildman–Crippen MR) is 117 cm³/mol. The summed E-state index contributed by atoms with van der Waals surface area (Å²) in [6.45, 7) is 6.80. The summed E-state index contributed by atoms with van der Waals surface area (Å²) in [4.78, 5) is 28.3. The number of benzene rings is 2. The van der Waals surface area contributed by atoms with E-state index in [1.165, 1.54) is 11.8 Å². The molecule has 0 radical (unpaired) electrons. The number of nitrogens with one attached hydrogen (secondary N) is 1. The molecule has 0 fully saturated rings. The number of halogens is 1. The Balaban J connectivity index is 2.16. The molecule has 28 heavy (non-hydrogen) atoms. The van der Waals surface area contributed by atoms with Crippen LogP contribution in [0.4, 0.5) is 0 Å². The topological polar surface area (TPSA) is 49.4 Å². The van der Waals surface area contributed by atoms with Crippen LogP contribution in [0.1, 0.15) is 31.4 Å². The number of carbonyl (C=O) groups excluding carboxylic acids is 2. The van der Waals surface area contributed by atoms with E-state index in [4.69, 9.17) is 11.6 Å². The van der Waals surface area contributed by atoms with E-state index in [-0.39, 0.29) is 17.6 Å². The first-order valence-corrected chi connectivity index (χ1v) is 10.8. The van der Waals surface area contributed by atoms with Gasteiger partial charge in [0.2, 0.25) is 11.8 Å². The van der Waals surface area contributed by atoms with Crippen molar-refractivity contribution in [1.82, 2.24) is 10.2 Å². The van der Waals surface area contributed by atoms with E-state index < -0.39 is 6.04 Å². The van der Waals surface area contributed by atoms with Crippen LogP contribution in [-0.4, -0.2) is 35.1 Å². The third kappa shape index (κ3) is 6.57. The zero-order valence-electron chi connectivity index (χ0n) is 16.6. The number of thioether (sulfide) groups is 1. The minimum Gasteiger partial charge on any atom is -0.355 e. The normalized spacial score (nSPS) is 11.7. The molecule has 0 heterocycles. The lowest BCUT2D eigenvalue weighted by Gasteiger charge is -2.30. The Hall–Kier alpha value is -1.98. The largest absolute Gasteiger partial charge is 0.355 e. The molecule has 6 heteroatoms. The summed E-state index contributed by atoms with van der Waals surface area (Å²) < 4.78 is 0. The van der Waals surface area contributed by atoms with Crippen LogP contribution >= 0.6 is 23.4 Å². The lowest BCUT2D eigenvalue weighted by atomic mass is 10.1. The molecule has 2 amide bonds. The summed E-state index contributed by atoms with van der Waals surface area (Å²) in [5, 5.41) is 3.52. The van der Waals surface area contributed by atoms with Crippen molar-refractivity contribution >= 4 is 35.2 Å². The number of hydrogen-bond donors (Lipinski definition) is 1. The molecule has 1 N–H and O–H groups in total. The SMILES string of the molecule is CCNC(=O)[C@@H](CC)N(Cc1ccc(C)cc1)C(=O)CSc1ccc(Cl)cc1. The van der Waals surface area contributed by atoms with Gasteiger partial charge in [0.15, 0.2) is 0 Å². The fourth-order valence-electron chi connectivity index (χ4n) is 2.86. The maximum absolute atomic E-state index is 13.1. The molecule has 1 atom stereocenters. The van der Waals surface area contributed by atoms with Crippen molar-refractivity contribution in [3.63, 3.8) is 0 Å². The maximum Gasteiger partial charge on any atom is 0.242 e.